The fraction of sp³-hybridized carbons (Fsp3) is 0.700. The summed E-state index contributed by atoms with van der Waals surface area (Å²) in [6.07, 6.45) is 2.83. The summed E-state index contributed by atoms with van der Waals surface area (Å²) in [6, 6.07) is 0. The molecule has 0 amide bonds. The number of hydrogen-bond acceptors (Lipinski definition) is 1. The molecule has 2 aliphatic rings. The van der Waals surface area contributed by atoms with E-state index in [0.717, 1.165) is 19.3 Å². The van der Waals surface area contributed by atoms with Crippen molar-refractivity contribution in [3.05, 3.63) is 11.1 Å². The maximum absolute atomic E-state index is 11.4. The van der Waals surface area contributed by atoms with Crippen molar-refractivity contribution >= 4 is 21.7 Å². The van der Waals surface area contributed by atoms with Gasteiger partial charge in [0, 0.05) is 6.42 Å². The van der Waals surface area contributed by atoms with E-state index in [1.165, 1.54) is 11.1 Å². The summed E-state index contributed by atoms with van der Waals surface area (Å²) in [4.78, 5) is 11.4. The van der Waals surface area contributed by atoms with E-state index >= 15 is 0 Å². The van der Waals surface area contributed by atoms with Gasteiger partial charge in [0.05, 0.1) is 4.32 Å². The molecule has 12 heavy (non-hydrogen) atoms. The van der Waals surface area contributed by atoms with Crippen LogP contribution < -0.4 is 0 Å². The van der Waals surface area contributed by atoms with Gasteiger partial charge in [-0.15, -0.1) is 0 Å². The van der Waals surface area contributed by atoms with Gasteiger partial charge in [0.25, 0.3) is 0 Å². The van der Waals surface area contributed by atoms with Crippen LogP contribution in [0.1, 0.15) is 33.1 Å². The smallest absolute Gasteiger partial charge is 0.150 e. The van der Waals surface area contributed by atoms with Crippen LogP contribution in [0.4, 0.5) is 0 Å². The summed E-state index contributed by atoms with van der Waals surface area (Å²) in [5, 5.41) is 0. The van der Waals surface area contributed by atoms with Gasteiger partial charge in [-0.05, 0) is 32.6 Å². The highest BCUT2D eigenvalue weighted by Gasteiger charge is 2.54. The van der Waals surface area contributed by atoms with E-state index in [1.807, 2.05) is 0 Å². The Morgan fingerprint density at radius 2 is 2.00 bits per heavy atom. The normalized spacial score (nSPS) is 40.9. The predicted molar refractivity (Wildman–Crippen MR) is 52.4 cm³/mol. The number of allylic oxidation sites excluding steroid dienone is 2. The number of alkyl halides is 1. The zero-order valence-corrected chi connectivity index (χ0v) is 9.07. The Morgan fingerprint density at radius 1 is 1.33 bits per heavy atom. The predicted octanol–water partition coefficient (Wildman–Crippen LogP) is 2.84. The molecule has 0 heterocycles. The lowest BCUT2D eigenvalue weighted by Gasteiger charge is -2.47. The second-order valence-corrected chi connectivity index (χ2v) is 5.54. The molecule has 0 N–H and O–H groups in total. The summed E-state index contributed by atoms with van der Waals surface area (Å²) in [7, 11) is 0. The van der Waals surface area contributed by atoms with E-state index in [2.05, 4.69) is 29.8 Å². The quantitative estimate of drug-likeness (QED) is 0.461. The van der Waals surface area contributed by atoms with Crippen LogP contribution in [0, 0.1) is 5.92 Å². The number of ketones is 1. The van der Waals surface area contributed by atoms with Crippen molar-refractivity contribution in [3.8, 4) is 0 Å². The van der Waals surface area contributed by atoms with E-state index in [1.54, 1.807) is 0 Å². The average molecular weight is 229 g/mol. The van der Waals surface area contributed by atoms with Crippen molar-refractivity contribution in [1.29, 1.82) is 0 Å². The van der Waals surface area contributed by atoms with Crippen molar-refractivity contribution in [2.24, 2.45) is 5.92 Å². The van der Waals surface area contributed by atoms with Gasteiger partial charge in [0.1, 0.15) is 0 Å². The van der Waals surface area contributed by atoms with Gasteiger partial charge < -0.3 is 0 Å². The number of fused-ring (bicyclic) bond motifs is 1. The Balaban J connectivity index is 2.30. The second-order valence-electron chi connectivity index (χ2n) is 4.13. The molecule has 2 atom stereocenters. The third kappa shape index (κ3) is 0.936. The minimum absolute atomic E-state index is 0.156. The fourth-order valence-electron chi connectivity index (χ4n) is 2.21. The van der Waals surface area contributed by atoms with Crippen LogP contribution in [0.2, 0.25) is 0 Å². The fourth-order valence-corrected chi connectivity index (χ4v) is 3.12. The summed E-state index contributed by atoms with van der Waals surface area (Å²) in [5.74, 6) is 0.980. The Hall–Kier alpha value is -0.110. The molecule has 66 valence electrons. The Kier molecular flexibility index (Phi) is 1.73. The zero-order valence-electron chi connectivity index (χ0n) is 7.48. The van der Waals surface area contributed by atoms with Gasteiger partial charge in [-0.3, -0.25) is 4.79 Å². The van der Waals surface area contributed by atoms with Crippen molar-refractivity contribution < 1.29 is 4.79 Å². The van der Waals surface area contributed by atoms with Crippen LogP contribution in [0.25, 0.3) is 0 Å². The molecule has 0 aromatic rings. The van der Waals surface area contributed by atoms with Crippen LogP contribution in [0.5, 0.6) is 0 Å². The minimum Gasteiger partial charge on any atom is -0.298 e. The molecule has 0 spiro atoms. The topological polar surface area (TPSA) is 17.1 Å². The SMILES string of the molecule is CC1=C(C)C[C@]2(Br)C(=O)C[C@@H]2C1. The maximum Gasteiger partial charge on any atom is 0.150 e. The lowest BCUT2D eigenvalue weighted by atomic mass is 9.63. The van der Waals surface area contributed by atoms with E-state index in [-0.39, 0.29) is 4.32 Å². The summed E-state index contributed by atoms with van der Waals surface area (Å²) in [5.41, 5.74) is 2.89. The maximum atomic E-state index is 11.4. The van der Waals surface area contributed by atoms with Crippen LogP contribution in [0.3, 0.4) is 0 Å². The van der Waals surface area contributed by atoms with Crippen molar-refractivity contribution in [3.63, 3.8) is 0 Å². The summed E-state index contributed by atoms with van der Waals surface area (Å²) < 4.78 is -0.156. The molecule has 0 aromatic carbocycles. The van der Waals surface area contributed by atoms with Gasteiger partial charge in [-0.1, -0.05) is 27.1 Å². The van der Waals surface area contributed by atoms with Gasteiger partial charge >= 0.3 is 0 Å². The first-order valence-corrected chi connectivity index (χ1v) is 5.21. The van der Waals surface area contributed by atoms with Gasteiger partial charge in [0.15, 0.2) is 5.78 Å². The first-order valence-electron chi connectivity index (χ1n) is 4.41. The molecule has 1 saturated carbocycles. The monoisotopic (exact) mass is 228 g/mol. The molecular formula is C10H13BrO. The third-order valence-corrected chi connectivity index (χ3v) is 4.72. The van der Waals surface area contributed by atoms with E-state index in [4.69, 9.17) is 0 Å². The number of carbonyl (C=O) groups excluding carboxylic acids is 1. The first-order chi connectivity index (χ1) is 5.54. The molecule has 0 bridgehead atoms. The number of hydrogen-bond donors (Lipinski definition) is 0. The molecule has 0 radical (unpaired) electrons. The van der Waals surface area contributed by atoms with Gasteiger partial charge in [-0.25, -0.2) is 0 Å². The van der Waals surface area contributed by atoms with Crippen molar-refractivity contribution in [2.75, 3.05) is 0 Å². The molecule has 2 rings (SSSR count). The van der Waals surface area contributed by atoms with Crippen LogP contribution in [-0.4, -0.2) is 10.1 Å². The zero-order chi connectivity index (χ0) is 8.93. The molecule has 1 nitrogen and oxygen atoms in total. The molecular weight excluding hydrogens is 216 g/mol. The van der Waals surface area contributed by atoms with Gasteiger partial charge in [-0.2, -0.15) is 0 Å². The summed E-state index contributed by atoms with van der Waals surface area (Å²) in [6.45, 7) is 4.32. The van der Waals surface area contributed by atoms with Crippen molar-refractivity contribution in [2.45, 2.75) is 37.4 Å². The van der Waals surface area contributed by atoms with Crippen LogP contribution in [-0.2, 0) is 4.79 Å². The highest BCUT2D eigenvalue weighted by Crippen LogP contribution is 2.53. The average Bonchev–Trinajstić information content (AvgIpc) is 2.01. The van der Waals surface area contributed by atoms with E-state index < -0.39 is 0 Å². The largest absolute Gasteiger partial charge is 0.298 e. The minimum atomic E-state index is -0.156. The molecule has 0 aromatic heterocycles. The molecule has 0 unspecified atom stereocenters. The number of rotatable bonds is 0. The van der Waals surface area contributed by atoms with E-state index in [9.17, 15) is 4.79 Å². The van der Waals surface area contributed by atoms with Gasteiger partial charge in [0.2, 0.25) is 0 Å². The second kappa shape index (κ2) is 2.44. The standard InChI is InChI=1S/C10H13BrO/c1-6-3-8-4-9(12)10(8,11)5-7(6)2/h8H,3-5H2,1-2H3/t8-,10+/m0/s1. The highest BCUT2D eigenvalue weighted by molar-refractivity contribution is 9.10. The third-order valence-electron chi connectivity index (χ3n) is 3.35. The van der Waals surface area contributed by atoms with E-state index in [0.29, 0.717) is 11.7 Å². The molecule has 0 saturated heterocycles. The molecule has 1 fully saturated rings. The molecule has 0 aliphatic heterocycles. The number of carbonyl (C=O) groups is 1. The lowest BCUT2D eigenvalue weighted by Crippen LogP contribution is -2.53. The van der Waals surface area contributed by atoms with Crippen LogP contribution in [0.15, 0.2) is 11.1 Å². The summed E-state index contributed by atoms with van der Waals surface area (Å²) >= 11 is 3.59. The number of Topliss-reactive ketones (excluding diaryl/α,β-unsaturated/α-hetero) is 1. The first kappa shape index (κ1) is 8.49. The Bertz CT molecular complexity index is 280. The highest BCUT2D eigenvalue weighted by atomic mass is 79.9. The van der Waals surface area contributed by atoms with Crippen molar-refractivity contribution in [1.82, 2.24) is 0 Å². The molecule has 2 heteroatoms. The lowest BCUT2D eigenvalue weighted by molar-refractivity contribution is -0.131. The Labute approximate surface area is 81.4 Å². The van der Waals surface area contributed by atoms with Crippen LogP contribution >= 0.6 is 15.9 Å². The molecule has 2 aliphatic carbocycles. The number of halogens is 1. The Morgan fingerprint density at radius 3 is 2.58 bits per heavy atom.